The van der Waals surface area contributed by atoms with Crippen LogP contribution in [0.5, 0.6) is 5.75 Å². The highest BCUT2D eigenvalue weighted by Gasteiger charge is 2.22. The van der Waals surface area contributed by atoms with Gasteiger partial charge >= 0.3 is 6.09 Å². The number of nitrogens with two attached hydrogens (primary N) is 1. The van der Waals surface area contributed by atoms with E-state index in [-0.39, 0.29) is 0 Å². The quantitative estimate of drug-likeness (QED) is 0.743. The molecule has 0 fully saturated rings. The number of primary amides is 1. The Hall–Kier alpha value is -1.75. The Bertz CT molecular complexity index is 395. The highest BCUT2D eigenvalue weighted by Crippen LogP contribution is 2.32. The van der Waals surface area contributed by atoms with Crippen LogP contribution in [0.15, 0.2) is 24.3 Å². The van der Waals surface area contributed by atoms with Gasteiger partial charge in [-0.05, 0) is 6.07 Å². The van der Waals surface area contributed by atoms with Gasteiger partial charge in [-0.1, -0.05) is 18.2 Å². The van der Waals surface area contributed by atoms with Crippen LogP contribution in [0.3, 0.4) is 0 Å². The minimum Gasteiger partial charge on any atom is -0.493 e. The van der Waals surface area contributed by atoms with Crippen LogP contribution in [-0.4, -0.2) is 32.4 Å². The van der Waals surface area contributed by atoms with Gasteiger partial charge in [0.25, 0.3) is 0 Å². The van der Waals surface area contributed by atoms with Crippen LogP contribution in [0.2, 0.25) is 0 Å². The molecule has 0 aromatic heterocycles. The summed E-state index contributed by atoms with van der Waals surface area (Å²) in [4.78, 5) is 10.3. The molecule has 17 heavy (non-hydrogen) atoms. The zero-order chi connectivity index (χ0) is 12.1. The molecular weight excluding hydrogens is 220 g/mol. The predicted octanol–water partition coefficient (Wildman–Crippen LogP) is 0.847. The van der Waals surface area contributed by atoms with Gasteiger partial charge in [-0.3, -0.25) is 0 Å². The molecule has 0 aliphatic carbocycles. The number of hydrogen-bond donors (Lipinski definition) is 2. The van der Waals surface area contributed by atoms with E-state index in [2.05, 4.69) is 16.1 Å². The maximum Gasteiger partial charge on any atom is 0.404 e. The summed E-state index contributed by atoms with van der Waals surface area (Å²) in [6, 6.07) is 8.03. The summed E-state index contributed by atoms with van der Waals surface area (Å²) in [7, 11) is 0. The minimum atomic E-state index is -0.735. The average molecular weight is 236 g/mol. The Morgan fingerprint density at radius 3 is 3.18 bits per heavy atom. The number of carbonyl (C=O) groups excluding carboxylic acids is 1. The largest absolute Gasteiger partial charge is 0.493 e. The summed E-state index contributed by atoms with van der Waals surface area (Å²) in [5.74, 6) is 1.33. The summed E-state index contributed by atoms with van der Waals surface area (Å²) in [5.41, 5.74) is 6.08. The number of benzene rings is 1. The molecule has 1 atom stereocenters. The second-order valence-electron chi connectivity index (χ2n) is 3.92. The molecule has 1 aliphatic heterocycles. The topological polar surface area (TPSA) is 73.6 Å². The lowest BCUT2D eigenvalue weighted by Crippen LogP contribution is -2.27. The van der Waals surface area contributed by atoms with Crippen molar-refractivity contribution >= 4 is 6.09 Å². The number of ether oxygens (including phenoxy) is 2. The first-order chi connectivity index (χ1) is 8.27. The second kappa shape index (κ2) is 5.54. The van der Waals surface area contributed by atoms with Crippen molar-refractivity contribution in [3.8, 4) is 5.75 Å². The summed E-state index contributed by atoms with van der Waals surface area (Å²) >= 11 is 0. The number of carbonyl (C=O) groups is 1. The molecule has 1 unspecified atom stereocenters. The van der Waals surface area contributed by atoms with Crippen LogP contribution in [-0.2, 0) is 4.74 Å². The Morgan fingerprint density at radius 1 is 1.53 bits per heavy atom. The molecular formula is C12H16N2O3. The van der Waals surface area contributed by atoms with Crippen LogP contribution >= 0.6 is 0 Å². The third kappa shape index (κ3) is 3.10. The molecule has 0 radical (unpaired) electrons. The van der Waals surface area contributed by atoms with Crippen molar-refractivity contribution in [3.05, 3.63) is 29.8 Å². The summed E-state index contributed by atoms with van der Waals surface area (Å²) in [6.45, 7) is 2.40. The molecule has 1 amide bonds. The molecule has 0 bridgehead atoms. The smallest absolute Gasteiger partial charge is 0.404 e. The van der Waals surface area contributed by atoms with Gasteiger partial charge in [0.1, 0.15) is 12.4 Å². The van der Waals surface area contributed by atoms with Crippen LogP contribution in [0.1, 0.15) is 11.5 Å². The zero-order valence-corrected chi connectivity index (χ0v) is 9.52. The predicted molar refractivity (Wildman–Crippen MR) is 63.1 cm³/mol. The molecule has 5 nitrogen and oxygen atoms in total. The van der Waals surface area contributed by atoms with Crippen LogP contribution in [0, 0.1) is 0 Å². The average Bonchev–Trinajstić information content (AvgIpc) is 2.72. The van der Waals surface area contributed by atoms with Crippen LogP contribution in [0.4, 0.5) is 4.79 Å². The maximum absolute atomic E-state index is 10.3. The fourth-order valence-electron chi connectivity index (χ4n) is 1.90. The lowest BCUT2D eigenvalue weighted by molar-refractivity contribution is 0.157. The van der Waals surface area contributed by atoms with E-state index < -0.39 is 6.09 Å². The number of para-hydroxylation sites is 1. The van der Waals surface area contributed by atoms with E-state index in [9.17, 15) is 4.79 Å². The third-order valence-corrected chi connectivity index (χ3v) is 2.71. The first-order valence-corrected chi connectivity index (χ1v) is 5.62. The monoisotopic (exact) mass is 236 g/mol. The number of hydrogen-bond acceptors (Lipinski definition) is 4. The van der Waals surface area contributed by atoms with Gasteiger partial charge in [0, 0.05) is 24.6 Å². The van der Waals surface area contributed by atoms with Gasteiger partial charge in [-0.25, -0.2) is 4.79 Å². The molecule has 92 valence electrons. The number of amides is 1. The Kier molecular flexibility index (Phi) is 3.82. The Morgan fingerprint density at radius 2 is 2.35 bits per heavy atom. The molecule has 0 spiro atoms. The van der Waals surface area contributed by atoms with E-state index in [0.717, 1.165) is 12.3 Å². The Balaban J connectivity index is 1.73. The van der Waals surface area contributed by atoms with Gasteiger partial charge in [0.15, 0.2) is 0 Å². The lowest BCUT2D eigenvalue weighted by Gasteiger charge is -2.10. The molecule has 1 aromatic rings. The van der Waals surface area contributed by atoms with Crippen LogP contribution in [0.25, 0.3) is 0 Å². The standard InChI is InChI=1S/C12H16N2O3/c13-12(15)16-6-5-14-7-9-8-17-11-4-2-1-3-10(9)11/h1-4,9,14H,5-8H2,(H2,13,15). The van der Waals surface area contributed by atoms with Crippen molar-refractivity contribution in [1.82, 2.24) is 5.32 Å². The maximum atomic E-state index is 10.3. The zero-order valence-electron chi connectivity index (χ0n) is 9.52. The fourth-order valence-corrected chi connectivity index (χ4v) is 1.90. The first kappa shape index (κ1) is 11.7. The number of rotatable bonds is 5. The van der Waals surface area contributed by atoms with Gasteiger partial charge < -0.3 is 20.5 Å². The van der Waals surface area contributed by atoms with Crippen molar-refractivity contribution < 1.29 is 14.3 Å². The molecule has 3 N–H and O–H groups in total. The number of nitrogens with one attached hydrogen (secondary N) is 1. The number of fused-ring (bicyclic) bond motifs is 1. The third-order valence-electron chi connectivity index (χ3n) is 2.71. The van der Waals surface area contributed by atoms with E-state index in [1.54, 1.807) is 0 Å². The van der Waals surface area contributed by atoms with Gasteiger partial charge in [0.05, 0.1) is 6.61 Å². The highest BCUT2D eigenvalue weighted by molar-refractivity contribution is 5.64. The van der Waals surface area contributed by atoms with Gasteiger partial charge in [-0.15, -0.1) is 0 Å². The normalized spacial score (nSPS) is 17.3. The molecule has 0 saturated heterocycles. The van der Waals surface area contributed by atoms with Crippen LogP contribution < -0.4 is 15.8 Å². The summed E-state index contributed by atoms with van der Waals surface area (Å²) in [5, 5.41) is 3.21. The summed E-state index contributed by atoms with van der Waals surface area (Å²) < 4.78 is 10.2. The fraction of sp³-hybridized carbons (Fsp3) is 0.417. The minimum absolute atomic E-state index is 0.296. The molecule has 1 heterocycles. The molecule has 1 aromatic carbocycles. The molecule has 2 rings (SSSR count). The highest BCUT2D eigenvalue weighted by atomic mass is 16.5. The van der Waals surface area contributed by atoms with Crippen molar-refractivity contribution in [2.24, 2.45) is 5.73 Å². The van der Waals surface area contributed by atoms with Gasteiger partial charge in [0.2, 0.25) is 0 Å². The van der Waals surface area contributed by atoms with Crippen molar-refractivity contribution in [1.29, 1.82) is 0 Å². The van der Waals surface area contributed by atoms with Crippen molar-refractivity contribution in [2.75, 3.05) is 26.3 Å². The molecule has 5 heteroatoms. The SMILES string of the molecule is NC(=O)OCCNCC1COc2ccccc21. The van der Waals surface area contributed by atoms with E-state index in [1.165, 1.54) is 5.56 Å². The van der Waals surface area contributed by atoms with Gasteiger partial charge in [-0.2, -0.15) is 0 Å². The van der Waals surface area contributed by atoms with Crippen molar-refractivity contribution in [2.45, 2.75) is 5.92 Å². The van der Waals surface area contributed by atoms with Crippen molar-refractivity contribution in [3.63, 3.8) is 0 Å². The second-order valence-corrected chi connectivity index (χ2v) is 3.92. The Labute approximate surface area is 99.9 Å². The van der Waals surface area contributed by atoms with E-state index >= 15 is 0 Å². The summed E-state index contributed by atoms with van der Waals surface area (Å²) in [6.07, 6.45) is -0.735. The lowest BCUT2D eigenvalue weighted by atomic mass is 10.0. The molecule has 1 aliphatic rings. The van der Waals surface area contributed by atoms with E-state index in [1.807, 2.05) is 18.2 Å². The van der Waals surface area contributed by atoms with E-state index in [4.69, 9.17) is 10.5 Å². The molecule has 0 saturated carbocycles. The van der Waals surface area contributed by atoms with E-state index in [0.29, 0.717) is 25.7 Å². The first-order valence-electron chi connectivity index (χ1n) is 5.62.